The number of anilines is 1. The third kappa shape index (κ3) is 4.32. The molecule has 4 aromatic rings. The molecule has 0 aliphatic carbocycles. The molecule has 2 aliphatic rings. The molecule has 1 amide bonds. The van der Waals surface area contributed by atoms with Gasteiger partial charge in [0, 0.05) is 74.0 Å². The molecule has 2 saturated heterocycles. The van der Waals surface area contributed by atoms with Gasteiger partial charge in [0.1, 0.15) is 12.3 Å². The Kier molecular flexibility index (Phi) is 6.30. The lowest BCUT2D eigenvalue weighted by Crippen LogP contribution is -2.49. The fourth-order valence-electron chi connectivity index (χ4n) is 4.91. The fraction of sp³-hybridized carbons (Fsp3) is 0.440. The van der Waals surface area contributed by atoms with Crippen molar-refractivity contribution in [3.8, 4) is 11.4 Å². The van der Waals surface area contributed by atoms with E-state index in [4.69, 9.17) is 19.8 Å². The first-order valence-corrected chi connectivity index (χ1v) is 13.1. The van der Waals surface area contributed by atoms with Gasteiger partial charge < -0.3 is 24.6 Å². The molecule has 0 atom stereocenters. The Labute approximate surface area is 212 Å². The molecule has 0 aromatic carbocycles. The first-order valence-electron chi connectivity index (χ1n) is 12.3. The highest BCUT2D eigenvalue weighted by Crippen LogP contribution is 2.38. The van der Waals surface area contributed by atoms with Gasteiger partial charge in [0.05, 0.1) is 23.4 Å². The van der Waals surface area contributed by atoms with Gasteiger partial charge in [-0.25, -0.2) is 15.0 Å². The Bertz CT molecular complexity index is 1400. The summed E-state index contributed by atoms with van der Waals surface area (Å²) in [6, 6.07) is 4.09. The molecule has 188 valence electrons. The van der Waals surface area contributed by atoms with Crippen molar-refractivity contribution in [2.75, 3.05) is 64.0 Å². The van der Waals surface area contributed by atoms with Gasteiger partial charge in [-0.1, -0.05) is 0 Å². The molecule has 2 aliphatic heterocycles. The number of aromatic amines is 1. The van der Waals surface area contributed by atoms with E-state index in [-0.39, 0.29) is 5.91 Å². The largest absolute Gasteiger partial charge is 0.387 e. The number of thiophene rings is 1. The summed E-state index contributed by atoms with van der Waals surface area (Å²) in [4.78, 5) is 37.3. The van der Waals surface area contributed by atoms with Crippen molar-refractivity contribution in [3.63, 3.8) is 0 Å². The first-order chi connectivity index (χ1) is 17.6. The summed E-state index contributed by atoms with van der Waals surface area (Å²) >= 11 is 1.77. The number of carbonyl (C=O) groups excluding carboxylic acids is 1. The van der Waals surface area contributed by atoms with E-state index in [1.165, 1.54) is 10.4 Å². The monoisotopic (exact) mass is 507 g/mol. The Hall–Kier alpha value is -3.12. The lowest BCUT2D eigenvalue weighted by molar-refractivity contribution is -0.135. The van der Waals surface area contributed by atoms with E-state index >= 15 is 0 Å². The lowest BCUT2D eigenvalue weighted by Gasteiger charge is -2.34. The summed E-state index contributed by atoms with van der Waals surface area (Å²) in [7, 11) is 0. The standard InChI is InChI=1S/C25H29N7O3S/c1-16-19(14-30-4-6-31(7-5-30)20(34)15-33)36-22-21(16)28-24(29-25(22)32-8-10-35-11-9-32)18-12-17-2-3-26-23(17)27-13-18/h2-3,12-13,33H,4-11,14-15H2,1H3,(H,26,27). The summed E-state index contributed by atoms with van der Waals surface area (Å²) < 4.78 is 6.71. The molecular weight excluding hydrogens is 478 g/mol. The Morgan fingerprint density at radius 1 is 1.17 bits per heavy atom. The molecule has 2 N–H and O–H groups in total. The van der Waals surface area contributed by atoms with E-state index in [1.54, 1.807) is 16.2 Å². The fourth-order valence-corrected chi connectivity index (χ4v) is 6.21. The highest BCUT2D eigenvalue weighted by molar-refractivity contribution is 7.19. The van der Waals surface area contributed by atoms with Gasteiger partial charge in [-0.2, -0.15) is 0 Å². The number of aliphatic hydroxyl groups excluding tert-OH is 1. The number of carbonyl (C=O) groups is 1. The molecule has 0 saturated carbocycles. The number of nitrogens with zero attached hydrogens (tertiary/aromatic N) is 6. The Morgan fingerprint density at radius 2 is 1.97 bits per heavy atom. The minimum atomic E-state index is -0.423. The number of ether oxygens (including phenoxy) is 1. The SMILES string of the molecule is Cc1c(CN2CCN(C(=O)CO)CC2)sc2c(N3CCOCC3)nc(-c3cnc4[nH]ccc4c3)nc12. The van der Waals surface area contributed by atoms with Gasteiger partial charge in [0.15, 0.2) is 11.6 Å². The summed E-state index contributed by atoms with van der Waals surface area (Å²) in [5, 5.41) is 10.2. The van der Waals surface area contributed by atoms with Crippen molar-refractivity contribution >= 4 is 44.3 Å². The normalized spacial score (nSPS) is 17.4. The van der Waals surface area contributed by atoms with Crippen LogP contribution in [0.25, 0.3) is 32.6 Å². The van der Waals surface area contributed by atoms with Crippen LogP contribution in [0.2, 0.25) is 0 Å². The number of fused-ring (bicyclic) bond motifs is 2. The number of hydrogen-bond donors (Lipinski definition) is 2. The van der Waals surface area contributed by atoms with Crippen LogP contribution in [0.15, 0.2) is 24.5 Å². The molecule has 0 unspecified atom stereocenters. The van der Waals surface area contributed by atoms with Crippen LogP contribution in [0, 0.1) is 6.92 Å². The number of aryl methyl sites for hydroxylation is 1. The number of amides is 1. The number of nitrogens with one attached hydrogen (secondary N) is 1. The van der Waals surface area contributed by atoms with E-state index in [1.807, 2.05) is 18.5 Å². The summed E-state index contributed by atoms with van der Waals surface area (Å²) in [6.45, 7) is 8.36. The molecule has 0 radical (unpaired) electrons. The van der Waals surface area contributed by atoms with Gasteiger partial charge in [0.25, 0.3) is 0 Å². The number of pyridine rings is 1. The third-order valence-electron chi connectivity index (χ3n) is 7.04. The van der Waals surface area contributed by atoms with Crippen molar-refractivity contribution < 1.29 is 14.6 Å². The van der Waals surface area contributed by atoms with Crippen molar-refractivity contribution in [3.05, 3.63) is 35.0 Å². The van der Waals surface area contributed by atoms with Crippen LogP contribution in [0.5, 0.6) is 0 Å². The Balaban J connectivity index is 1.36. The molecule has 6 heterocycles. The number of H-pyrrole nitrogens is 1. The number of piperazine rings is 1. The highest BCUT2D eigenvalue weighted by Gasteiger charge is 2.25. The molecule has 10 nitrogen and oxygen atoms in total. The molecule has 36 heavy (non-hydrogen) atoms. The number of morpholine rings is 1. The molecule has 2 fully saturated rings. The van der Waals surface area contributed by atoms with E-state index in [9.17, 15) is 4.79 Å². The van der Waals surface area contributed by atoms with E-state index in [0.29, 0.717) is 32.1 Å². The molecule has 11 heteroatoms. The number of aliphatic hydroxyl groups is 1. The second-order valence-electron chi connectivity index (χ2n) is 9.25. The maximum absolute atomic E-state index is 11.8. The van der Waals surface area contributed by atoms with Crippen molar-refractivity contribution in [1.82, 2.24) is 29.7 Å². The maximum atomic E-state index is 11.8. The van der Waals surface area contributed by atoms with Crippen LogP contribution in [0.4, 0.5) is 5.82 Å². The smallest absolute Gasteiger partial charge is 0.248 e. The topological polar surface area (TPSA) is 111 Å². The van der Waals surface area contributed by atoms with Crippen LogP contribution >= 0.6 is 11.3 Å². The maximum Gasteiger partial charge on any atom is 0.248 e. The zero-order valence-corrected chi connectivity index (χ0v) is 21.1. The summed E-state index contributed by atoms with van der Waals surface area (Å²) in [5.41, 5.74) is 3.92. The van der Waals surface area contributed by atoms with Crippen molar-refractivity contribution in [1.29, 1.82) is 0 Å². The minimum Gasteiger partial charge on any atom is -0.387 e. The number of rotatable bonds is 5. The van der Waals surface area contributed by atoms with E-state index < -0.39 is 6.61 Å². The van der Waals surface area contributed by atoms with Crippen LogP contribution in [-0.2, 0) is 16.1 Å². The quantitative estimate of drug-likeness (QED) is 0.422. The zero-order valence-electron chi connectivity index (χ0n) is 20.2. The zero-order chi connectivity index (χ0) is 24.6. The molecular formula is C25H29N7O3S. The van der Waals surface area contributed by atoms with E-state index in [2.05, 4.69) is 32.8 Å². The van der Waals surface area contributed by atoms with Gasteiger partial charge in [0.2, 0.25) is 5.91 Å². The predicted molar refractivity (Wildman–Crippen MR) is 139 cm³/mol. The van der Waals surface area contributed by atoms with E-state index in [0.717, 1.165) is 65.4 Å². The van der Waals surface area contributed by atoms with Crippen molar-refractivity contribution in [2.24, 2.45) is 0 Å². The van der Waals surface area contributed by atoms with Gasteiger partial charge >= 0.3 is 0 Å². The average Bonchev–Trinajstić information content (AvgIpc) is 3.52. The molecule has 4 aromatic heterocycles. The summed E-state index contributed by atoms with van der Waals surface area (Å²) in [5.74, 6) is 1.45. The van der Waals surface area contributed by atoms with Gasteiger partial charge in [-0.05, 0) is 24.6 Å². The minimum absolute atomic E-state index is 0.196. The summed E-state index contributed by atoms with van der Waals surface area (Å²) in [6.07, 6.45) is 3.72. The van der Waals surface area contributed by atoms with Gasteiger partial charge in [-0.3, -0.25) is 9.69 Å². The second-order valence-corrected chi connectivity index (χ2v) is 10.4. The van der Waals surface area contributed by atoms with Crippen LogP contribution in [0.1, 0.15) is 10.4 Å². The van der Waals surface area contributed by atoms with Crippen LogP contribution in [0.3, 0.4) is 0 Å². The number of hydrogen-bond acceptors (Lipinski definition) is 9. The number of aromatic nitrogens is 4. The Morgan fingerprint density at radius 3 is 2.75 bits per heavy atom. The first kappa shape index (κ1) is 23.3. The predicted octanol–water partition coefficient (Wildman–Crippen LogP) is 2.02. The van der Waals surface area contributed by atoms with Crippen molar-refractivity contribution in [2.45, 2.75) is 13.5 Å². The third-order valence-corrected chi connectivity index (χ3v) is 8.30. The lowest BCUT2D eigenvalue weighted by atomic mass is 10.2. The van der Waals surface area contributed by atoms with Gasteiger partial charge in [-0.15, -0.1) is 11.3 Å². The second kappa shape index (κ2) is 9.74. The molecule has 6 rings (SSSR count). The van der Waals surface area contributed by atoms with Crippen LogP contribution < -0.4 is 4.90 Å². The highest BCUT2D eigenvalue weighted by atomic mass is 32.1. The molecule has 0 bridgehead atoms. The van der Waals surface area contributed by atoms with Crippen LogP contribution in [-0.4, -0.2) is 99.8 Å². The molecule has 0 spiro atoms. The average molecular weight is 508 g/mol.